The molecule has 0 heterocycles. The number of benzene rings is 1. The summed E-state index contributed by atoms with van der Waals surface area (Å²) in [5.41, 5.74) is 2.03. The Labute approximate surface area is 133 Å². The number of carbonyl (C=O) groups is 1. The maximum absolute atomic E-state index is 12.5. The largest absolute Gasteiger partial charge is 0.361 e. The van der Waals surface area contributed by atoms with Gasteiger partial charge in [0.1, 0.15) is 12.1 Å². The van der Waals surface area contributed by atoms with Crippen molar-refractivity contribution in [3.05, 3.63) is 29.8 Å². The molecule has 4 heteroatoms. The Hall–Kier alpha value is -1.06. The number of anilines is 1. The molecule has 0 saturated carbocycles. The lowest BCUT2D eigenvalue weighted by molar-refractivity contribution is -0.119. The van der Waals surface area contributed by atoms with Crippen LogP contribution in [-0.2, 0) is 16.0 Å². The van der Waals surface area contributed by atoms with Crippen LogP contribution in [0.25, 0.3) is 0 Å². The zero-order valence-electron chi connectivity index (χ0n) is 13.3. The van der Waals surface area contributed by atoms with E-state index in [4.69, 9.17) is 16.3 Å². The Bertz CT molecular complexity index is 437. The lowest BCUT2D eigenvalue weighted by Gasteiger charge is -2.26. The van der Waals surface area contributed by atoms with E-state index in [-0.39, 0.29) is 12.6 Å². The third-order valence-electron chi connectivity index (χ3n) is 3.42. The number of amides is 1. The van der Waals surface area contributed by atoms with E-state index in [1.165, 1.54) is 0 Å². The van der Waals surface area contributed by atoms with Gasteiger partial charge in [0.2, 0.25) is 5.91 Å². The van der Waals surface area contributed by atoms with Crippen molar-refractivity contribution in [2.75, 3.05) is 18.2 Å². The van der Waals surface area contributed by atoms with Crippen LogP contribution < -0.4 is 4.90 Å². The second-order valence-corrected chi connectivity index (χ2v) is 5.54. The maximum atomic E-state index is 12.5. The molecule has 0 saturated heterocycles. The Morgan fingerprint density at radius 3 is 2.62 bits per heavy atom. The molecule has 0 bridgehead atoms. The van der Waals surface area contributed by atoms with Crippen molar-refractivity contribution in [3.8, 4) is 0 Å². The van der Waals surface area contributed by atoms with Gasteiger partial charge in [-0.3, -0.25) is 9.69 Å². The highest BCUT2D eigenvalue weighted by molar-refractivity contribution is 6.32. The van der Waals surface area contributed by atoms with E-state index in [0.29, 0.717) is 13.0 Å². The third-order valence-corrected chi connectivity index (χ3v) is 3.91. The van der Waals surface area contributed by atoms with Gasteiger partial charge in [0.15, 0.2) is 0 Å². The Morgan fingerprint density at radius 1 is 1.29 bits per heavy atom. The molecule has 0 aliphatic carbocycles. The summed E-state index contributed by atoms with van der Waals surface area (Å²) in [7, 11) is 0. The minimum atomic E-state index is -0.510. The van der Waals surface area contributed by atoms with E-state index in [9.17, 15) is 4.79 Å². The summed E-state index contributed by atoms with van der Waals surface area (Å²) in [6, 6.07) is 7.92. The number of hydrogen-bond acceptors (Lipinski definition) is 2. The molecule has 0 N–H and O–H groups in total. The van der Waals surface area contributed by atoms with Crippen molar-refractivity contribution in [1.29, 1.82) is 0 Å². The number of halogens is 1. The molecular formula is C17H26ClNO2. The van der Waals surface area contributed by atoms with Crippen LogP contribution in [0.15, 0.2) is 24.3 Å². The number of rotatable bonds is 9. The highest BCUT2D eigenvalue weighted by atomic mass is 35.5. The number of unbranched alkanes of at least 4 members (excludes halogenated alkanes) is 1. The van der Waals surface area contributed by atoms with Crippen molar-refractivity contribution in [1.82, 2.24) is 0 Å². The van der Waals surface area contributed by atoms with Gasteiger partial charge in [-0.25, -0.2) is 0 Å². The van der Waals surface area contributed by atoms with Crippen LogP contribution in [0, 0.1) is 0 Å². The number of alkyl halides is 1. The van der Waals surface area contributed by atoms with Crippen LogP contribution in [-0.4, -0.2) is 24.6 Å². The molecule has 1 unspecified atom stereocenters. The van der Waals surface area contributed by atoms with Crippen LogP contribution in [0.4, 0.5) is 5.69 Å². The molecule has 118 valence electrons. The Balaban J connectivity index is 2.92. The highest BCUT2D eigenvalue weighted by Crippen LogP contribution is 2.23. The van der Waals surface area contributed by atoms with Gasteiger partial charge in [-0.15, -0.1) is 11.6 Å². The normalized spacial score (nSPS) is 12.2. The average Bonchev–Trinajstić information content (AvgIpc) is 2.53. The maximum Gasteiger partial charge on any atom is 0.246 e. The predicted molar refractivity (Wildman–Crippen MR) is 89.0 cm³/mol. The summed E-state index contributed by atoms with van der Waals surface area (Å²) < 4.78 is 5.65. The fourth-order valence-electron chi connectivity index (χ4n) is 2.07. The molecule has 0 fully saturated rings. The SMILES string of the molecule is CCCCOCN(C(=O)C(Cl)CC)c1ccccc1CC. The van der Waals surface area contributed by atoms with Crippen molar-refractivity contribution < 1.29 is 9.53 Å². The number of hydrogen-bond donors (Lipinski definition) is 0. The zero-order chi connectivity index (χ0) is 15.7. The van der Waals surface area contributed by atoms with Crippen molar-refractivity contribution in [2.24, 2.45) is 0 Å². The smallest absolute Gasteiger partial charge is 0.246 e. The summed E-state index contributed by atoms with van der Waals surface area (Å²) in [4.78, 5) is 14.2. The van der Waals surface area contributed by atoms with Crippen molar-refractivity contribution in [3.63, 3.8) is 0 Å². The van der Waals surface area contributed by atoms with Gasteiger partial charge >= 0.3 is 0 Å². The van der Waals surface area contributed by atoms with Crippen LogP contribution in [0.1, 0.15) is 45.6 Å². The molecule has 0 aliphatic heterocycles. The monoisotopic (exact) mass is 311 g/mol. The summed E-state index contributed by atoms with van der Waals surface area (Å²) >= 11 is 6.15. The van der Waals surface area contributed by atoms with E-state index < -0.39 is 5.38 Å². The molecule has 3 nitrogen and oxygen atoms in total. The minimum absolute atomic E-state index is 0.0865. The summed E-state index contributed by atoms with van der Waals surface area (Å²) in [5.74, 6) is -0.0865. The molecule has 1 atom stereocenters. The number of aryl methyl sites for hydroxylation is 1. The van der Waals surface area contributed by atoms with E-state index in [2.05, 4.69) is 13.8 Å². The van der Waals surface area contributed by atoms with Crippen LogP contribution in [0.3, 0.4) is 0 Å². The van der Waals surface area contributed by atoms with Crippen molar-refractivity contribution in [2.45, 2.75) is 51.8 Å². The second-order valence-electron chi connectivity index (χ2n) is 5.02. The molecule has 1 aromatic carbocycles. The molecule has 0 radical (unpaired) electrons. The van der Waals surface area contributed by atoms with Gasteiger partial charge in [0.05, 0.1) is 0 Å². The Morgan fingerprint density at radius 2 is 2.00 bits per heavy atom. The van der Waals surface area contributed by atoms with E-state index in [0.717, 1.165) is 30.5 Å². The van der Waals surface area contributed by atoms with E-state index in [1.54, 1.807) is 4.90 Å². The molecular weight excluding hydrogens is 286 g/mol. The zero-order valence-corrected chi connectivity index (χ0v) is 14.0. The van der Waals surface area contributed by atoms with Crippen LogP contribution in [0.5, 0.6) is 0 Å². The summed E-state index contributed by atoms with van der Waals surface area (Å²) in [5, 5.41) is -0.510. The van der Waals surface area contributed by atoms with E-state index >= 15 is 0 Å². The highest BCUT2D eigenvalue weighted by Gasteiger charge is 2.23. The molecule has 21 heavy (non-hydrogen) atoms. The lowest BCUT2D eigenvalue weighted by atomic mass is 10.1. The van der Waals surface area contributed by atoms with Gasteiger partial charge in [-0.2, -0.15) is 0 Å². The second kappa shape index (κ2) is 9.80. The van der Waals surface area contributed by atoms with Gasteiger partial charge < -0.3 is 4.74 Å². The quantitative estimate of drug-likeness (QED) is 0.385. The lowest BCUT2D eigenvalue weighted by Crippen LogP contribution is -2.39. The Kier molecular flexibility index (Phi) is 8.40. The number of carbonyl (C=O) groups excluding carboxylic acids is 1. The number of para-hydroxylation sites is 1. The fourth-order valence-corrected chi connectivity index (χ4v) is 2.19. The average molecular weight is 312 g/mol. The molecule has 1 aromatic rings. The standard InChI is InChI=1S/C17H26ClNO2/c1-4-7-12-21-13-19(17(20)15(18)6-3)16-11-9-8-10-14(16)5-2/h8-11,15H,4-7,12-13H2,1-3H3. The fraction of sp³-hybridized carbons (Fsp3) is 0.588. The predicted octanol–water partition coefficient (Wildman–Crippen LogP) is 4.37. The first-order valence-corrected chi connectivity index (χ1v) is 8.20. The van der Waals surface area contributed by atoms with Crippen molar-refractivity contribution >= 4 is 23.2 Å². The first kappa shape index (κ1) is 18.0. The van der Waals surface area contributed by atoms with Gasteiger partial charge in [-0.05, 0) is 30.9 Å². The molecule has 0 aromatic heterocycles. The minimum Gasteiger partial charge on any atom is -0.361 e. The van der Waals surface area contributed by atoms with E-state index in [1.807, 2.05) is 31.2 Å². The van der Waals surface area contributed by atoms with Crippen LogP contribution >= 0.6 is 11.6 Å². The van der Waals surface area contributed by atoms with Gasteiger partial charge in [-0.1, -0.05) is 45.4 Å². The first-order chi connectivity index (χ1) is 10.2. The topological polar surface area (TPSA) is 29.5 Å². The molecule has 1 amide bonds. The third kappa shape index (κ3) is 5.33. The molecule has 0 aliphatic rings. The molecule has 0 spiro atoms. The first-order valence-electron chi connectivity index (χ1n) is 7.76. The number of nitrogens with zero attached hydrogens (tertiary/aromatic N) is 1. The summed E-state index contributed by atoms with van der Waals surface area (Å²) in [6.45, 7) is 7.03. The molecule has 1 rings (SSSR count). The van der Waals surface area contributed by atoms with Gasteiger partial charge in [0, 0.05) is 12.3 Å². The van der Waals surface area contributed by atoms with Crippen LogP contribution in [0.2, 0.25) is 0 Å². The number of ether oxygens (including phenoxy) is 1. The summed E-state index contributed by atoms with van der Waals surface area (Å²) in [6.07, 6.45) is 3.55. The van der Waals surface area contributed by atoms with Gasteiger partial charge in [0.25, 0.3) is 0 Å².